The van der Waals surface area contributed by atoms with Crippen LogP contribution < -0.4 is 5.32 Å². The van der Waals surface area contributed by atoms with Crippen molar-refractivity contribution in [3.63, 3.8) is 0 Å². The Hall–Kier alpha value is -0.900. The molecular weight excluding hydrogens is 202 g/mol. The predicted molar refractivity (Wildman–Crippen MR) is 64.5 cm³/mol. The van der Waals surface area contributed by atoms with Gasteiger partial charge in [-0.05, 0) is 26.3 Å². The minimum Gasteiger partial charge on any atom is -0.339 e. The smallest absolute Gasteiger partial charge is 0.226 e. The number of aryl methyl sites for hydroxylation is 1. The highest BCUT2D eigenvalue weighted by Gasteiger charge is 2.10. The Labute approximate surface area is 97.8 Å². The zero-order valence-corrected chi connectivity index (χ0v) is 10.8. The molecule has 1 heterocycles. The third-order valence-corrected chi connectivity index (χ3v) is 2.53. The van der Waals surface area contributed by atoms with Crippen LogP contribution in [0.3, 0.4) is 0 Å². The van der Waals surface area contributed by atoms with Crippen molar-refractivity contribution in [2.24, 2.45) is 0 Å². The molecule has 0 saturated heterocycles. The first kappa shape index (κ1) is 13.2. The van der Waals surface area contributed by atoms with Crippen LogP contribution in [0.5, 0.6) is 0 Å². The fraction of sp³-hybridized carbons (Fsp3) is 0.833. The number of hydrogen-bond donors (Lipinski definition) is 1. The number of nitrogens with zero attached hydrogens (tertiary/aromatic N) is 2. The fourth-order valence-electron chi connectivity index (χ4n) is 1.44. The lowest BCUT2D eigenvalue weighted by molar-refractivity contribution is 0.361. The molecule has 1 aromatic rings. The van der Waals surface area contributed by atoms with Crippen molar-refractivity contribution >= 4 is 0 Å². The van der Waals surface area contributed by atoms with Crippen LogP contribution in [0.1, 0.15) is 58.2 Å². The second-order valence-electron chi connectivity index (χ2n) is 4.59. The molecule has 0 aliphatic carbocycles. The van der Waals surface area contributed by atoms with Gasteiger partial charge in [-0.15, -0.1) is 0 Å². The van der Waals surface area contributed by atoms with E-state index in [1.54, 1.807) is 0 Å². The van der Waals surface area contributed by atoms with Gasteiger partial charge in [0.2, 0.25) is 5.89 Å². The number of aromatic nitrogens is 2. The molecule has 0 radical (unpaired) electrons. The highest BCUT2D eigenvalue weighted by atomic mass is 16.5. The Bertz CT molecular complexity index is 296. The molecule has 0 aromatic carbocycles. The molecule has 0 aliphatic rings. The van der Waals surface area contributed by atoms with Gasteiger partial charge in [0.15, 0.2) is 5.82 Å². The summed E-state index contributed by atoms with van der Waals surface area (Å²) in [5.41, 5.74) is 0. The fourth-order valence-corrected chi connectivity index (χ4v) is 1.44. The molecule has 0 fully saturated rings. The van der Waals surface area contributed by atoms with Gasteiger partial charge in [-0.25, -0.2) is 0 Å². The lowest BCUT2D eigenvalue weighted by atomic mass is 10.2. The van der Waals surface area contributed by atoms with Crippen molar-refractivity contribution in [3.05, 3.63) is 11.7 Å². The first-order chi connectivity index (χ1) is 7.63. The predicted octanol–water partition coefficient (Wildman–Crippen LogP) is 2.51. The molecule has 1 aromatic heterocycles. The zero-order valence-electron chi connectivity index (χ0n) is 10.8. The third-order valence-electron chi connectivity index (χ3n) is 2.53. The summed E-state index contributed by atoms with van der Waals surface area (Å²) >= 11 is 0. The minimum atomic E-state index is 0.341. The Kier molecular flexibility index (Phi) is 5.46. The number of rotatable bonds is 7. The maximum absolute atomic E-state index is 5.19. The van der Waals surface area contributed by atoms with Gasteiger partial charge in [-0.1, -0.05) is 25.9 Å². The quantitative estimate of drug-likeness (QED) is 0.774. The molecule has 4 nitrogen and oxygen atoms in total. The van der Waals surface area contributed by atoms with Crippen LogP contribution in [0.2, 0.25) is 0 Å². The molecule has 1 atom stereocenters. The molecule has 0 spiro atoms. The summed E-state index contributed by atoms with van der Waals surface area (Å²) in [6.07, 6.45) is 3.07. The summed E-state index contributed by atoms with van der Waals surface area (Å²) in [5, 5.41) is 7.39. The average molecular weight is 225 g/mol. The van der Waals surface area contributed by atoms with E-state index in [1.165, 1.54) is 6.42 Å². The van der Waals surface area contributed by atoms with Crippen LogP contribution in [-0.4, -0.2) is 22.7 Å². The maximum Gasteiger partial charge on any atom is 0.226 e. The Morgan fingerprint density at radius 3 is 2.62 bits per heavy atom. The van der Waals surface area contributed by atoms with E-state index in [9.17, 15) is 0 Å². The van der Waals surface area contributed by atoms with E-state index in [1.807, 2.05) is 0 Å². The highest BCUT2D eigenvalue weighted by Crippen LogP contribution is 2.11. The van der Waals surface area contributed by atoms with Crippen molar-refractivity contribution in [1.29, 1.82) is 0 Å². The molecule has 0 amide bonds. The Balaban J connectivity index is 2.31. The standard InChI is InChI=1S/C12H23N3O/c1-5-8-13-10(4)6-7-11-14-12(9(2)3)15-16-11/h9-10,13H,5-8H2,1-4H3. The van der Waals surface area contributed by atoms with Crippen LogP contribution in [0.25, 0.3) is 0 Å². The van der Waals surface area contributed by atoms with Crippen LogP contribution in [0.4, 0.5) is 0 Å². The average Bonchev–Trinajstić information content (AvgIpc) is 2.72. The minimum absolute atomic E-state index is 0.341. The van der Waals surface area contributed by atoms with Gasteiger partial charge in [0.1, 0.15) is 0 Å². The normalized spacial score (nSPS) is 13.3. The first-order valence-corrected chi connectivity index (χ1v) is 6.19. The summed E-state index contributed by atoms with van der Waals surface area (Å²) < 4.78 is 5.19. The van der Waals surface area contributed by atoms with Gasteiger partial charge < -0.3 is 9.84 Å². The SMILES string of the molecule is CCCNC(C)CCc1nc(C(C)C)no1. The molecule has 0 bridgehead atoms. The van der Waals surface area contributed by atoms with Gasteiger partial charge in [0.05, 0.1) is 0 Å². The summed E-state index contributed by atoms with van der Waals surface area (Å²) in [7, 11) is 0. The maximum atomic E-state index is 5.19. The van der Waals surface area contributed by atoms with Crippen LogP contribution in [0.15, 0.2) is 4.52 Å². The number of hydrogen-bond acceptors (Lipinski definition) is 4. The van der Waals surface area contributed by atoms with E-state index in [0.717, 1.165) is 31.1 Å². The Morgan fingerprint density at radius 2 is 2.06 bits per heavy atom. The van der Waals surface area contributed by atoms with Crippen molar-refractivity contribution in [1.82, 2.24) is 15.5 Å². The van der Waals surface area contributed by atoms with Gasteiger partial charge in [0, 0.05) is 18.4 Å². The third kappa shape index (κ3) is 4.31. The van der Waals surface area contributed by atoms with Crippen LogP contribution in [0, 0.1) is 0 Å². The van der Waals surface area contributed by atoms with Crippen molar-refractivity contribution in [2.45, 2.75) is 58.9 Å². The second kappa shape index (κ2) is 6.63. The van der Waals surface area contributed by atoms with Gasteiger partial charge in [0.25, 0.3) is 0 Å². The monoisotopic (exact) mass is 225 g/mol. The van der Waals surface area contributed by atoms with E-state index in [-0.39, 0.29) is 0 Å². The Morgan fingerprint density at radius 1 is 1.31 bits per heavy atom. The molecular formula is C12H23N3O. The molecule has 1 rings (SSSR count). The van der Waals surface area contributed by atoms with Crippen molar-refractivity contribution in [2.75, 3.05) is 6.54 Å². The van der Waals surface area contributed by atoms with Crippen molar-refractivity contribution in [3.8, 4) is 0 Å². The van der Waals surface area contributed by atoms with Gasteiger partial charge >= 0.3 is 0 Å². The lowest BCUT2D eigenvalue weighted by Crippen LogP contribution is -2.27. The number of nitrogens with one attached hydrogen (secondary N) is 1. The molecule has 0 aliphatic heterocycles. The van der Waals surface area contributed by atoms with E-state index in [2.05, 4.69) is 43.2 Å². The summed E-state index contributed by atoms with van der Waals surface area (Å²) in [6, 6.07) is 0.509. The summed E-state index contributed by atoms with van der Waals surface area (Å²) in [4.78, 5) is 4.36. The van der Waals surface area contributed by atoms with E-state index < -0.39 is 0 Å². The van der Waals surface area contributed by atoms with E-state index in [0.29, 0.717) is 12.0 Å². The van der Waals surface area contributed by atoms with Crippen molar-refractivity contribution < 1.29 is 4.52 Å². The highest BCUT2D eigenvalue weighted by molar-refractivity contribution is 4.91. The van der Waals surface area contributed by atoms with Gasteiger partial charge in [-0.2, -0.15) is 4.98 Å². The lowest BCUT2D eigenvalue weighted by Gasteiger charge is -2.10. The van der Waals surface area contributed by atoms with Crippen LogP contribution in [-0.2, 0) is 6.42 Å². The van der Waals surface area contributed by atoms with Crippen LogP contribution >= 0.6 is 0 Å². The topological polar surface area (TPSA) is 51.0 Å². The second-order valence-corrected chi connectivity index (χ2v) is 4.59. The molecule has 0 saturated carbocycles. The molecule has 4 heteroatoms. The van der Waals surface area contributed by atoms with Gasteiger partial charge in [-0.3, -0.25) is 0 Å². The summed E-state index contributed by atoms with van der Waals surface area (Å²) in [5.74, 6) is 1.91. The molecule has 92 valence electrons. The van der Waals surface area contributed by atoms with E-state index >= 15 is 0 Å². The first-order valence-electron chi connectivity index (χ1n) is 6.19. The largest absolute Gasteiger partial charge is 0.339 e. The molecule has 1 unspecified atom stereocenters. The van der Waals surface area contributed by atoms with E-state index in [4.69, 9.17) is 4.52 Å². The zero-order chi connectivity index (χ0) is 12.0. The molecule has 16 heavy (non-hydrogen) atoms. The molecule has 1 N–H and O–H groups in total. The summed E-state index contributed by atoms with van der Waals surface area (Å²) in [6.45, 7) is 9.57.